The van der Waals surface area contributed by atoms with Crippen molar-refractivity contribution in [2.45, 2.75) is 26.3 Å². The van der Waals surface area contributed by atoms with Crippen LogP contribution in [0.25, 0.3) is 0 Å². The van der Waals surface area contributed by atoms with E-state index >= 15 is 0 Å². The third-order valence-corrected chi connectivity index (χ3v) is 3.62. The normalized spacial score (nSPS) is 11.9. The predicted molar refractivity (Wildman–Crippen MR) is 80.9 cm³/mol. The summed E-state index contributed by atoms with van der Waals surface area (Å²) in [6, 6.07) is 2.65. The molecule has 110 valence electrons. The highest BCUT2D eigenvalue weighted by Crippen LogP contribution is 2.28. The maximum absolute atomic E-state index is 11.0. The number of carboxylic acids is 1. The highest BCUT2D eigenvalue weighted by Gasteiger charge is 2.19. The molecule has 0 saturated carbocycles. The predicted octanol–water partition coefficient (Wildman–Crippen LogP) is 3.15. The molecule has 0 bridgehead atoms. The number of aromatic carboxylic acids is 1. The zero-order chi connectivity index (χ0) is 15.3. The number of carbonyl (C=O) groups is 1. The Bertz CT molecular complexity index is 519. The van der Waals surface area contributed by atoms with E-state index in [1.165, 1.54) is 6.07 Å². The number of nitrogens with zero attached hydrogens (tertiary/aromatic N) is 1. The molecule has 0 spiro atoms. The minimum atomic E-state index is -1.17. The van der Waals surface area contributed by atoms with Gasteiger partial charge in [0.1, 0.15) is 0 Å². The fraction of sp³-hybridized carbons (Fsp3) is 0.462. The van der Waals surface area contributed by atoms with E-state index in [0.717, 1.165) is 18.2 Å². The minimum Gasteiger partial charge on any atom is -0.478 e. The number of nitrogens with one attached hydrogen (secondary N) is 1. The molecule has 0 heterocycles. The third kappa shape index (κ3) is 4.12. The van der Waals surface area contributed by atoms with Gasteiger partial charge in [0.05, 0.1) is 10.5 Å². The summed E-state index contributed by atoms with van der Waals surface area (Å²) in [6.45, 7) is 3.59. The van der Waals surface area contributed by atoms with Gasteiger partial charge in [-0.1, -0.05) is 0 Å². The Morgan fingerprint density at radius 2 is 2.20 bits per heavy atom. The lowest BCUT2D eigenvalue weighted by Crippen LogP contribution is -2.17. The number of anilines is 1. The molecule has 20 heavy (non-hydrogen) atoms. The Labute approximate surface area is 121 Å². The lowest BCUT2D eigenvalue weighted by molar-refractivity contribution is -0.385. The fourth-order valence-corrected chi connectivity index (χ4v) is 2.38. The van der Waals surface area contributed by atoms with E-state index in [4.69, 9.17) is 5.11 Å². The van der Waals surface area contributed by atoms with Crippen LogP contribution in [0.5, 0.6) is 0 Å². The van der Waals surface area contributed by atoms with Crippen LogP contribution in [0, 0.1) is 17.0 Å². The molecule has 1 rings (SSSR count). The van der Waals surface area contributed by atoms with E-state index in [9.17, 15) is 14.9 Å². The molecule has 1 aromatic rings. The second-order valence-electron chi connectivity index (χ2n) is 4.56. The number of hydrogen-bond donors (Lipinski definition) is 2. The average Bonchev–Trinajstić information content (AvgIpc) is 2.38. The van der Waals surface area contributed by atoms with E-state index in [2.05, 4.69) is 5.32 Å². The van der Waals surface area contributed by atoms with Gasteiger partial charge in [0.25, 0.3) is 5.69 Å². The summed E-state index contributed by atoms with van der Waals surface area (Å²) < 4.78 is 0. The van der Waals surface area contributed by atoms with Crippen molar-refractivity contribution in [1.82, 2.24) is 0 Å². The number of nitro benzene ring substituents is 1. The van der Waals surface area contributed by atoms with Gasteiger partial charge in [-0.3, -0.25) is 10.1 Å². The lowest BCUT2D eigenvalue weighted by atomic mass is 10.1. The van der Waals surface area contributed by atoms with E-state index < -0.39 is 10.9 Å². The van der Waals surface area contributed by atoms with Crippen LogP contribution in [0.1, 0.15) is 29.3 Å². The Morgan fingerprint density at radius 3 is 2.70 bits per heavy atom. The Morgan fingerprint density at radius 1 is 1.55 bits per heavy atom. The Hall–Kier alpha value is -1.76. The Balaban J connectivity index is 3.10. The van der Waals surface area contributed by atoms with Crippen molar-refractivity contribution in [1.29, 1.82) is 0 Å². The molecule has 0 radical (unpaired) electrons. The van der Waals surface area contributed by atoms with Gasteiger partial charge < -0.3 is 10.4 Å². The SMILES string of the molecule is CSCCC(C)Nc1cc(C(=O)O)cc([N+](=O)[O-])c1C. The number of rotatable bonds is 7. The number of thioether (sulfide) groups is 1. The van der Waals surface area contributed by atoms with Crippen LogP contribution >= 0.6 is 11.8 Å². The van der Waals surface area contributed by atoms with E-state index in [1.54, 1.807) is 18.7 Å². The summed E-state index contributed by atoms with van der Waals surface area (Å²) in [5, 5.41) is 23.2. The van der Waals surface area contributed by atoms with Crippen molar-refractivity contribution in [2.24, 2.45) is 0 Å². The molecule has 0 aliphatic heterocycles. The van der Waals surface area contributed by atoms with Gasteiger partial charge in [-0.05, 0) is 38.3 Å². The van der Waals surface area contributed by atoms with Crippen molar-refractivity contribution in [3.8, 4) is 0 Å². The van der Waals surface area contributed by atoms with Gasteiger partial charge >= 0.3 is 5.97 Å². The van der Waals surface area contributed by atoms with Gasteiger partial charge in [-0.25, -0.2) is 4.79 Å². The highest BCUT2D eigenvalue weighted by atomic mass is 32.2. The number of benzene rings is 1. The molecular weight excluding hydrogens is 280 g/mol. The monoisotopic (exact) mass is 298 g/mol. The molecule has 0 aliphatic carbocycles. The van der Waals surface area contributed by atoms with Crippen LogP contribution in [0.3, 0.4) is 0 Å². The summed E-state index contributed by atoms with van der Waals surface area (Å²) in [4.78, 5) is 21.5. The zero-order valence-electron chi connectivity index (χ0n) is 11.7. The zero-order valence-corrected chi connectivity index (χ0v) is 12.5. The van der Waals surface area contributed by atoms with Crippen LogP contribution in [-0.4, -0.2) is 34.0 Å². The second-order valence-corrected chi connectivity index (χ2v) is 5.54. The van der Waals surface area contributed by atoms with Crippen molar-refractivity contribution in [2.75, 3.05) is 17.3 Å². The van der Waals surface area contributed by atoms with Gasteiger partial charge in [0.2, 0.25) is 0 Å². The molecule has 7 heteroatoms. The van der Waals surface area contributed by atoms with Crippen LogP contribution in [0.2, 0.25) is 0 Å². The maximum atomic E-state index is 11.0. The number of hydrogen-bond acceptors (Lipinski definition) is 5. The van der Waals surface area contributed by atoms with Gasteiger partial charge in [-0.2, -0.15) is 11.8 Å². The largest absolute Gasteiger partial charge is 0.478 e. The van der Waals surface area contributed by atoms with Crippen LogP contribution < -0.4 is 5.32 Å². The first-order valence-corrected chi connectivity index (χ1v) is 7.54. The molecule has 0 fully saturated rings. The molecular formula is C13H18N2O4S. The van der Waals surface area contributed by atoms with Crippen LogP contribution in [0.15, 0.2) is 12.1 Å². The lowest BCUT2D eigenvalue weighted by Gasteiger charge is -2.17. The highest BCUT2D eigenvalue weighted by molar-refractivity contribution is 7.98. The molecule has 0 saturated heterocycles. The number of carboxylic acid groups (broad SMARTS) is 1. The second kappa shape index (κ2) is 7.14. The van der Waals surface area contributed by atoms with Gasteiger partial charge in [-0.15, -0.1) is 0 Å². The summed E-state index contributed by atoms with van der Waals surface area (Å²) in [5.41, 5.74) is 0.701. The molecule has 0 aromatic heterocycles. The number of nitro groups is 1. The molecule has 1 atom stereocenters. The fourth-order valence-electron chi connectivity index (χ4n) is 1.79. The Kier molecular flexibility index (Phi) is 5.82. The van der Waals surface area contributed by atoms with Crippen LogP contribution in [-0.2, 0) is 0 Å². The summed E-state index contributed by atoms with van der Waals surface area (Å²) in [7, 11) is 0. The third-order valence-electron chi connectivity index (χ3n) is 2.98. The van der Waals surface area contributed by atoms with E-state index in [1.807, 2.05) is 13.2 Å². The van der Waals surface area contributed by atoms with Crippen molar-refractivity contribution < 1.29 is 14.8 Å². The van der Waals surface area contributed by atoms with Crippen molar-refractivity contribution >= 4 is 29.1 Å². The average molecular weight is 298 g/mol. The maximum Gasteiger partial charge on any atom is 0.336 e. The molecule has 1 unspecified atom stereocenters. The molecule has 2 N–H and O–H groups in total. The van der Waals surface area contributed by atoms with Gasteiger partial charge in [0, 0.05) is 23.4 Å². The summed E-state index contributed by atoms with van der Waals surface area (Å²) in [5.74, 6) is -0.207. The summed E-state index contributed by atoms with van der Waals surface area (Å²) in [6.07, 6.45) is 2.90. The van der Waals surface area contributed by atoms with E-state index in [-0.39, 0.29) is 17.3 Å². The smallest absolute Gasteiger partial charge is 0.336 e. The summed E-state index contributed by atoms with van der Waals surface area (Å²) >= 11 is 1.72. The molecule has 0 amide bonds. The molecule has 6 nitrogen and oxygen atoms in total. The van der Waals surface area contributed by atoms with Crippen molar-refractivity contribution in [3.63, 3.8) is 0 Å². The molecule has 1 aromatic carbocycles. The van der Waals surface area contributed by atoms with E-state index in [0.29, 0.717) is 11.3 Å². The van der Waals surface area contributed by atoms with Crippen molar-refractivity contribution in [3.05, 3.63) is 33.4 Å². The first-order valence-electron chi connectivity index (χ1n) is 6.14. The molecule has 0 aliphatic rings. The topological polar surface area (TPSA) is 92.5 Å². The first-order chi connectivity index (χ1) is 9.36. The minimum absolute atomic E-state index is 0.0816. The standard InChI is InChI=1S/C13H18N2O4S/c1-8(4-5-20-3)14-11-6-10(13(16)17)7-12(9(11)2)15(18)19/h6-8,14H,4-5H2,1-3H3,(H,16,17). The van der Waals surface area contributed by atoms with Gasteiger partial charge in [0.15, 0.2) is 0 Å². The first kappa shape index (κ1) is 16.3. The van der Waals surface area contributed by atoms with Crippen LogP contribution in [0.4, 0.5) is 11.4 Å². The quantitative estimate of drug-likeness (QED) is 0.593.